The lowest BCUT2D eigenvalue weighted by Crippen LogP contribution is -2.36. The molecule has 3 N–H and O–H groups in total. The van der Waals surface area contributed by atoms with Crippen LogP contribution in [0, 0.1) is 0 Å². The molecule has 0 aliphatic heterocycles. The second kappa shape index (κ2) is 13.0. The zero-order valence-electron chi connectivity index (χ0n) is 19.3. The molecule has 9 heteroatoms. The van der Waals surface area contributed by atoms with Crippen molar-refractivity contribution in [2.24, 2.45) is 0 Å². The van der Waals surface area contributed by atoms with Crippen molar-refractivity contribution in [3.63, 3.8) is 0 Å². The first-order valence-electron chi connectivity index (χ1n) is 10.7. The summed E-state index contributed by atoms with van der Waals surface area (Å²) in [5, 5.41) is 9.29. The highest BCUT2D eigenvalue weighted by Crippen LogP contribution is 2.23. The first kappa shape index (κ1) is 26.4. The molecule has 2 unspecified atom stereocenters. The van der Waals surface area contributed by atoms with Crippen LogP contribution >= 0.6 is 0 Å². The molecular weight excluding hydrogens is 442 g/mol. The summed E-state index contributed by atoms with van der Waals surface area (Å²) in [6, 6.07) is 15.6. The fraction of sp³-hybridized carbons (Fsp3) is 0.333. The average Bonchev–Trinajstić information content (AvgIpc) is 2.85. The topological polar surface area (TPSA) is 110 Å². The minimum atomic E-state index is -1.47. The van der Waals surface area contributed by atoms with Gasteiger partial charge in [-0.25, -0.2) is 5.48 Å². The van der Waals surface area contributed by atoms with Crippen LogP contribution < -0.4 is 16.5 Å². The summed E-state index contributed by atoms with van der Waals surface area (Å²) >= 11 is 0. The number of aromatic nitrogens is 1. The molecule has 0 fully saturated rings. The Morgan fingerprint density at radius 2 is 1.79 bits per heavy atom. The van der Waals surface area contributed by atoms with Gasteiger partial charge in [0.25, 0.3) is 11.5 Å². The van der Waals surface area contributed by atoms with Crippen molar-refractivity contribution < 1.29 is 19.0 Å². The van der Waals surface area contributed by atoms with Crippen LogP contribution in [-0.2, 0) is 33.5 Å². The van der Waals surface area contributed by atoms with E-state index in [1.165, 1.54) is 16.3 Å². The predicted molar refractivity (Wildman–Crippen MR) is 131 cm³/mol. The number of amides is 1. The molecule has 3 rings (SSSR count). The van der Waals surface area contributed by atoms with Crippen molar-refractivity contribution in [1.82, 2.24) is 15.5 Å². The molecule has 33 heavy (non-hydrogen) atoms. The molecule has 1 heterocycles. The molecule has 2 aromatic carbocycles. The molecular formula is C24H31N3O5S. The highest BCUT2D eigenvalue weighted by atomic mass is 32.2. The Hall–Kier alpha value is -2.85. The number of benzene rings is 2. The molecule has 0 aliphatic rings. The molecule has 0 bridgehead atoms. The second-order valence-corrected chi connectivity index (χ2v) is 8.66. The molecule has 0 radical (unpaired) electrons. The van der Waals surface area contributed by atoms with E-state index in [1.807, 2.05) is 56.3 Å². The van der Waals surface area contributed by atoms with Crippen LogP contribution in [0.2, 0.25) is 0 Å². The Kier molecular flexibility index (Phi) is 10.4. The van der Waals surface area contributed by atoms with Gasteiger partial charge in [-0.2, -0.15) is 5.48 Å². The van der Waals surface area contributed by atoms with Gasteiger partial charge < -0.3 is 9.40 Å². The van der Waals surface area contributed by atoms with Crippen LogP contribution in [0.15, 0.2) is 59.5 Å². The average molecular weight is 474 g/mol. The van der Waals surface area contributed by atoms with Gasteiger partial charge in [-0.3, -0.25) is 19.0 Å². The Balaban J connectivity index is 0.00000187. The molecule has 1 aromatic heterocycles. The second-order valence-electron chi connectivity index (χ2n) is 7.09. The van der Waals surface area contributed by atoms with Crippen molar-refractivity contribution in [3.8, 4) is 11.1 Å². The van der Waals surface area contributed by atoms with E-state index in [9.17, 15) is 13.8 Å². The van der Waals surface area contributed by atoms with Crippen LogP contribution in [-0.4, -0.2) is 38.5 Å². The van der Waals surface area contributed by atoms with Crippen LogP contribution in [0.5, 0.6) is 0 Å². The van der Waals surface area contributed by atoms with Crippen LogP contribution in [0.25, 0.3) is 21.9 Å². The minimum Gasteiger partial charge on any atom is -0.315 e. The third-order valence-corrected chi connectivity index (χ3v) is 6.37. The summed E-state index contributed by atoms with van der Waals surface area (Å²) in [6.07, 6.45) is 3.23. The Bertz CT molecular complexity index is 1150. The number of aryl methyl sites for hydroxylation is 1. The molecule has 0 saturated heterocycles. The number of carbonyl (C=O) groups is 1. The summed E-state index contributed by atoms with van der Waals surface area (Å²) in [5.74, 6) is -0.719. The van der Waals surface area contributed by atoms with E-state index in [0.29, 0.717) is 11.9 Å². The molecule has 3 aromatic rings. The number of hydrogen-bond acceptors (Lipinski definition) is 6. The Labute approximate surface area is 196 Å². The van der Waals surface area contributed by atoms with Gasteiger partial charge in [-0.15, -0.1) is 0 Å². The lowest BCUT2D eigenvalue weighted by molar-refractivity contribution is -0.128. The highest BCUT2D eigenvalue weighted by molar-refractivity contribution is 7.85. The van der Waals surface area contributed by atoms with Gasteiger partial charge >= 0.3 is 0 Å². The first-order chi connectivity index (χ1) is 15.9. The Morgan fingerprint density at radius 1 is 1.12 bits per heavy atom. The third-order valence-electron chi connectivity index (χ3n) is 5.12. The van der Waals surface area contributed by atoms with Crippen molar-refractivity contribution in [2.75, 3.05) is 13.4 Å². The maximum absolute atomic E-state index is 12.9. The molecule has 8 nitrogen and oxygen atoms in total. The standard InChI is InChI=1S/C22H25N3O5S.C2H6/c1-30-23-14-15-3-5-16(6-4-15)17-7-8-19-18(13-17)9-11-25(22(19)27)12-10-20(31(2)29)21(26)24-28;1-2/h3-9,11,13,20,23,28H,10,12,14H2,1-2H3,(H,24,26);1-2H3. The summed E-state index contributed by atoms with van der Waals surface area (Å²) in [6.45, 7) is 4.83. The number of carbonyl (C=O) groups excluding carboxylic acids is 1. The highest BCUT2D eigenvalue weighted by Gasteiger charge is 2.22. The van der Waals surface area contributed by atoms with Gasteiger partial charge in [0.1, 0.15) is 5.25 Å². The number of rotatable bonds is 9. The van der Waals surface area contributed by atoms with E-state index < -0.39 is 22.0 Å². The molecule has 2 atom stereocenters. The van der Waals surface area contributed by atoms with Gasteiger partial charge in [0.15, 0.2) is 0 Å². The monoisotopic (exact) mass is 473 g/mol. The number of fused-ring (bicyclic) bond motifs is 1. The van der Waals surface area contributed by atoms with E-state index in [-0.39, 0.29) is 18.5 Å². The maximum Gasteiger partial charge on any atom is 0.259 e. The van der Waals surface area contributed by atoms with Crippen molar-refractivity contribution in [3.05, 3.63) is 70.6 Å². The van der Waals surface area contributed by atoms with Gasteiger partial charge in [0.2, 0.25) is 0 Å². The van der Waals surface area contributed by atoms with Crippen LogP contribution in [0.3, 0.4) is 0 Å². The molecule has 0 saturated carbocycles. The summed E-state index contributed by atoms with van der Waals surface area (Å²) in [5.41, 5.74) is 7.28. The third kappa shape index (κ3) is 6.82. The fourth-order valence-corrected chi connectivity index (χ4v) is 4.18. The Morgan fingerprint density at radius 3 is 2.39 bits per heavy atom. The summed E-state index contributed by atoms with van der Waals surface area (Å²) < 4.78 is 13.2. The smallest absolute Gasteiger partial charge is 0.259 e. The van der Waals surface area contributed by atoms with Crippen molar-refractivity contribution in [1.29, 1.82) is 0 Å². The number of nitrogens with zero attached hydrogens (tertiary/aromatic N) is 1. The summed E-state index contributed by atoms with van der Waals surface area (Å²) in [4.78, 5) is 29.4. The van der Waals surface area contributed by atoms with Crippen LogP contribution in [0.1, 0.15) is 25.8 Å². The summed E-state index contributed by atoms with van der Waals surface area (Å²) in [7, 11) is 0.108. The largest absolute Gasteiger partial charge is 0.315 e. The number of nitrogens with one attached hydrogen (secondary N) is 2. The van der Waals surface area contributed by atoms with Crippen molar-refractivity contribution in [2.45, 2.75) is 38.6 Å². The van der Waals surface area contributed by atoms with Gasteiger partial charge in [0, 0.05) is 41.7 Å². The first-order valence-corrected chi connectivity index (χ1v) is 12.3. The van der Waals surface area contributed by atoms with E-state index in [4.69, 9.17) is 10.0 Å². The SMILES string of the molecule is CC.CONCc1ccc(-c2ccc3c(=O)n(CCC(C(=O)NO)S(C)=O)ccc3c2)cc1. The van der Waals surface area contributed by atoms with E-state index >= 15 is 0 Å². The number of hydroxylamine groups is 2. The quantitative estimate of drug-likeness (QED) is 0.326. The normalized spacial score (nSPS) is 12.5. The van der Waals surface area contributed by atoms with Crippen LogP contribution in [0.4, 0.5) is 0 Å². The van der Waals surface area contributed by atoms with Gasteiger partial charge in [-0.05, 0) is 46.7 Å². The molecule has 1 amide bonds. The number of hydrogen-bond donors (Lipinski definition) is 3. The maximum atomic E-state index is 12.9. The number of pyridine rings is 1. The minimum absolute atomic E-state index is 0.170. The van der Waals surface area contributed by atoms with Gasteiger partial charge in [0.05, 0.1) is 7.11 Å². The predicted octanol–water partition coefficient (Wildman–Crippen LogP) is 2.99. The van der Waals surface area contributed by atoms with E-state index in [1.54, 1.807) is 19.4 Å². The fourth-order valence-electron chi connectivity index (χ4n) is 3.39. The van der Waals surface area contributed by atoms with E-state index in [2.05, 4.69) is 5.48 Å². The van der Waals surface area contributed by atoms with Crippen molar-refractivity contribution >= 4 is 27.5 Å². The van der Waals surface area contributed by atoms with Gasteiger partial charge in [-0.1, -0.05) is 44.2 Å². The zero-order chi connectivity index (χ0) is 24.4. The molecule has 0 spiro atoms. The zero-order valence-corrected chi connectivity index (χ0v) is 20.1. The van der Waals surface area contributed by atoms with E-state index in [0.717, 1.165) is 22.1 Å². The molecule has 178 valence electrons. The lowest BCUT2D eigenvalue weighted by atomic mass is 10.0. The lowest BCUT2D eigenvalue weighted by Gasteiger charge is -2.13. The molecule has 0 aliphatic carbocycles.